The molecule has 0 aliphatic heterocycles. The van der Waals surface area contributed by atoms with Crippen molar-refractivity contribution in [3.8, 4) is 0 Å². The highest BCUT2D eigenvalue weighted by Crippen LogP contribution is 2.45. The molecule has 0 spiro atoms. The van der Waals surface area contributed by atoms with E-state index in [0.717, 1.165) is 0 Å². The van der Waals surface area contributed by atoms with Gasteiger partial charge < -0.3 is 5.11 Å². The fourth-order valence-corrected chi connectivity index (χ4v) is 2.72. The van der Waals surface area contributed by atoms with Crippen LogP contribution in [0.3, 0.4) is 0 Å². The van der Waals surface area contributed by atoms with Gasteiger partial charge in [0.1, 0.15) is 0 Å². The van der Waals surface area contributed by atoms with Gasteiger partial charge in [-0.1, -0.05) is 20.8 Å². The molecular formula is C12H19F3O2. The summed E-state index contributed by atoms with van der Waals surface area (Å²) in [6.45, 7) is 5.17. The Hall–Kier alpha value is -0.580. The van der Waals surface area contributed by atoms with Crippen LogP contribution in [0.15, 0.2) is 0 Å². The van der Waals surface area contributed by atoms with Gasteiger partial charge in [0.05, 0.1) is 6.10 Å². The van der Waals surface area contributed by atoms with Crippen molar-refractivity contribution in [1.82, 2.24) is 0 Å². The number of rotatable bonds is 2. The van der Waals surface area contributed by atoms with E-state index in [1.54, 1.807) is 0 Å². The molecule has 0 saturated heterocycles. The Bertz CT molecular complexity index is 299. The molecule has 3 unspecified atom stereocenters. The lowest BCUT2D eigenvalue weighted by molar-refractivity contribution is -0.186. The Balaban J connectivity index is 2.80. The predicted molar refractivity (Wildman–Crippen MR) is 57.4 cm³/mol. The second kappa shape index (κ2) is 4.59. The maximum atomic E-state index is 12.4. The molecule has 3 atom stereocenters. The Labute approximate surface area is 99.2 Å². The highest BCUT2D eigenvalue weighted by molar-refractivity contribution is 5.89. The molecule has 17 heavy (non-hydrogen) atoms. The zero-order valence-electron chi connectivity index (χ0n) is 10.3. The first kappa shape index (κ1) is 14.5. The third kappa shape index (κ3) is 3.00. The first-order valence-corrected chi connectivity index (χ1v) is 5.87. The van der Waals surface area contributed by atoms with Gasteiger partial charge in [0, 0.05) is 5.41 Å². The second-order valence-electron chi connectivity index (χ2n) is 5.61. The lowest BCUT2D eigenvalue weighted by Crippen LogP contribution is -2.46. The van der Waals surface area contributed by atoms with E-state index in [1.165, 1.54) is 6.92 Å². The molecule has 1 saturated carbocycles. The summed E-state index contributed by atoms with van der Waals surface area (Å²) in [5.74, 6) is -1.49. The van der Waals surface area contributed by atoms with Gasteiger partial charge in [-0.05, 0) is 31.1 Å². The van der Waals surface area contributed by atoms with Crippen molar-refractivity contribution in [3.63, 3.8) is 0 Å². The number of hydrogen-bond donors (Lipinski definition) is 1. The molecule has 0 heterocycles. The lowest BCUT2D eigenvalue weighted by atomic mass is 9.65. The summed E-state index contributed by atoms with van der Waals surface area (Å²) in [6.07, 6.45) is -5.05. The molecule has 1 aliphatic rings. The molecule has 0 amide bonds. The zero-order valence-corrected chi connectivity index (χ0v) is 10.3. The van der Waals surface area contributed by atoms with E-state index in [0.29, 0.717) is 6.42 Å². The topological polar surface area (TPSA) is 37.3 Å². The molecule has 5 heteroatoms. The second-order valence-corrected chi connectivity index (χ2v) is 5.61. The molecule has 2 nitrogen and oxygen atoms in total. The number of alkyl halides is 3. The van der Waals surface area contributed by atoms with Gasteiger partial charge in [-0.25, -0.2) is 0 Å². The van der Waals surface area contributed by atoms with Crippen molar-refractivity contribution in [2.75, 3.05) is 0 Å². The maximum Gasteiger partial charge on any atom is 0.450 e. The Morgan fingerprint density at radius 3 is 2.29 bits per heavy atom. The molecule has 0 aromatic carbocycles. The van der Waals surface area contributed by atoms with Crippen molar-refractivity contribution >= 4 is 5.78 Å². The smallest absolute Gasteiger partial charge is 0.393 e. The van der Waals surface area contributed by atoms with Crippen LogP contribution in [0.25, 0.3) is 0 Å². The highest BCUT2D eigenvalue weighted by atomic mass is 19.4. The monoisotopic (exact) mass is 252 g/mol. The first-order valence-electron chi connectivity index (χ1n) is 5.87. The number of halogens is 3. The van der Waals surface area contributed by atoms with Gasteiger partial charge in [0.2, 0.25) is 5.78 Å². The summed E-state index contributed by atoms with van der Waals surface area (Å²) < 4.78 is 37.3. The predicted octanol–water partition coefficient (Wildman–Crippen LogP) is 2.94. The molecular weight excluding hydrogens is 233 g/mol. The summed E-state index contributed by atoms with van der Waals surface area (Å²) in [5, 5.41) is 9.87. The number of carbonyl (C=O) groups excluding carboxylic acids is 1. The fraction of sp³-hybridized carbons (Fsp3) is 0.917. The van der Waals surface area contributed by atoms with Crippen LogP contribution in [0.4, 0.5) is 13.2 Å². The van der Waals surface area contributed by atoms with E-state index in [1.807, 2.05) is 13.8 Å². The number of aliphatic hydroxyl groups is 1. The quantitative estimate of drug-likeness (QED) is 0.820. The minimum Gasteiger partial charge on any atom is -0.393 e. The van der Waals surface area contributed by atoms with E-state index in [2.05, 4.69) is 0 Å². The SMILES string of the molecule is CC(C)C1CCC(C)(C(=O)C(F)(F)F)CC1O. The minimum atomic E-state index is -4.81. The number of ketones is 1. The van der Waals surface area contributed by atoms with Crippen LogP contribution in [0.5, 0.6) is 0 Å². The number of Topliss-reactive ketones (excluding diaryl/α,β-unsaturated/α-hetero) is 1. The summed E-state index contributed by atoms with van der Waals surface area (Å²) in [6, 6.07) is 0. The normalized spacial score (nSPS) is 35.1. The van der Waals surface area contributed by atoms with Crippen LogP contribution in [-0.4, -0.2) is 23.2 Å². The van der Waals surface area contributed by atoms with E-state index in [9.17, 15) is 23.1 Å². The van der Waals surface area contributed by atoms with Gasteiger partial charge in [-0.2, -0.15) is 13.2 Å². The van der Waals surface area contributed by atoms with Crippen LogP contribution < -0.4 is 0 Å². The molecule has 0 aromatic heterocycles. The Kier molecular flexibility index (Phi) is 3.91. The molecule has 0 aromatic rings. The van der Waals surface area contributed by atoms with Gasteiger partial charge in [0.15, 0.2) is 0 Å². The molecule has 1 aliphatic carbocycles. The van der Waals surface area contributed by atoms with Crippen molar-refractivity contribution in [2.24, 2.45) is 17.3 Å². The van der Waals surface area contributed by atoms with Gasteiger partial charge in [-0.3, -0.25) is 4.79 Å². The average molecular weight is 252 g/mol. The lowest BCUT2D eigenvalue weighted by Gasteiger charge is -2.41. The van der Waals surface area contributed by atoms with Gasteiger partial charge >= 0.3 is 6.18 Å². The van der Waals surface area contributed by atoms with Crippen LogP contribution in [0, 0.1) is 17.3 Å². The van der Waals surface area contributed by atoms with Crippen LogP contribution >= 0.6 is 0 Å². The summed E-state index contributed by atoms with van der Waals surface area (Å²) in [5.41, 5.74) is -1.46. The minimum absolute atomic E-state index is 0.0101. The Morgan fingerprint density at radius 1 is 1.41 bits per heavy atom. The van der Waals surface area contributed by atoms with E-state index < -0.39 is 23.5 Å². The van der Waals surface area contributed by atoms with Gasteiger partial charge in [0.25, 0.3) is 0 Å². The summed E-state index contributed by atoms with van der Waals surface area (Å²) in [4.78, 5) is 11.3. The van der Waals surface area contributed by atoms with Crippen molar-refractivity contribution in [1.29, 1.82) is 0 Å². The molecule has 100 valence electrons. The first-order chi connectivity index (χ1) is 7.58. The maximum absolute atomic E-state index is 12.4. The number of aliphatic hydroxyl groups excluding tert-OH is 1. The van der Waals surface area contributed by atoms with E-state index in [-0.39, 0.29) is 24.7 Å². The van der Waals surface area contributed by atoms with Crippen LogP contribution in [0.2, 0.25) is 0 Å². The zero-order chi connectivity index (χ0) is 13.4. The molecule has 1 fully saturated rings. The van der Waals surface area contributed by atoms with Crippen molar-refractivity contribution in [2.45, 2.75) is 52.3 Å². The Morgan fingerprint density at radius 2 is 1.94 bits per heavy atom. The standard InChI is InChI=1S/C12H19F3O2/c1-7(2)8-4-5-11(3,6-9(8)16)10(17)12(13,14)15/h7-9,16H,4-6H2,1-3H3. The third-order valence-corrected chi connectivity index (χ3v) is 3.85. The van der Waals surface area contributed by atoms with Crippen molar-refractivity contribution in [3.05, 3.63) is 0 Å². The third-order valence-electron chi connectivity index (χ3n) is 3.85. The summed E-state index contributed by atoms with van der Waals surface area (Å²) >= 11 is 0. The van der Waals surface area contributed by atoms with E-state index >= 15 is 0 Å². The van der Waals surface area contributed by atoms with Gasteiger partial charge in [-0.15, -0.1) is 0 Å². The average Bonchev–Trinajstić information content (AvgIpc) is 2.14. The highest BCUT2D eigenvalue weighted by Gasteiger charge is 2.53. The van der Waals surface area contributed by atoms with Crippen LogP contribution in [0.1, 0.15) is 40.0 Å². The largest absolute Gasteiger partial charge is 0.450 e. The molecule has 0 bridgehead atoms. The van der Waals surface area contributed by atoms with Crippen LogP contribution in [-0.2, 0) is 4.79 Å². The number of hydrogen-bond acceptors (Lipinski definition) is 2. The fourth-order valence-electron chi connectivity index (χ4n) is 2.72. The van der Waals surface area contributed by atoms with Crippen molar-refractivity contribution < 1.29 is 23.1 Å². The number of carbonyl (C=O) groups is 1. The molecule has 1 N–H and O–H groups in total. The van der Waals surface area contributed by atoms with E-state index in [4.69, 9.17) is 0 Å². The molecule has 0 radical (unpaired) electrons. The molecule has 1 rings (SSSR count). The summed E-state index contributed by atoms with van der Waals surface area (Å²) in [7, 11) is 0.